The van der Waals surface area contributed by atoms with Gasteiger partial charge in [-0.1, -0.05) is 17.7 Å². The Hall–Kier alpha value is -2.04. The van der Waals surface area contributed by atoms with Crippen molar-refractivity contribution in [2.24, 2.45) is 0 Å². The van der Waals surface area contributed by atoms with Crippen LogP contribution in [0.4, 0.5) is 0 Å². The molecule has 1 rings (SSSR count). The predicted octanol–water partition coefficient (Wildman–Crippen LogP) is 0.442. The fraction of sp³-hybridized carbons (Fsp3) is 0.273. The highest BCUT2D eigenvalue weighted by Gasteiger charge is 2.18. The Labute approximate surface area is 92.7 Å². The molecule has 0 aliphatic carbocycles. The lowest BCUT2D eigenvalue weighted by Crippen LogP contribution is -2.37. The first-order valence-electron chi connectivity index (χ1n) is 4.75. The molecule has 0 spiro atoms. The van der Waals surface area contributed by atoms with Gasteiger partial charge in [-0.15, -0.1) is 0 Å². The average molecular weight is 223 g/mol. The summed E-state index contributed by atoms with van der Waals surface area (Å²) in [7, 11) is 0. The van der Waals surface area contributed by atoms with Gasteiger partial charge in [-0.05, 0) is 18.6 Å². The molecule has 0 aliphatic heterocycles. The maximum atomic E-state index is 10.8. The minimum atomic E-state index is -1.13. The van der Waals surface area contributed by atoms with Crippen molar-refractivity contribution < 1.29 is 19.8 Å². The summed E-state index contributed by atoms with van der Waals surface area (Å²) in [6, 6.07) is 3.90. The van der Waals surface area contributed by atoms with Gasteiger partial charge >= 0.3 is 5.97 Å². The number of amides is 1. The summed E-state index contributed by atoms with van der Waals surface area (Å²) in [5.74, 6) is -1.10. The van der Waals surface area contributed by atoms with Gasteiger partial charge < -0.3 is 15.5 Å². The number of hydrogen-bond acceptors (Lipinski definition) is 3. The summed E-state index contributed by atoms with van der Waals surface area (Å²) in [6.07, 6.45) is 0.396. The molecule has 1 atom stereocenters. The number of aryl methyl sites for hydroxylation is 1. The molecule has 0 radical (unpaired) electrons. The molecule has 1 aromatic rings. The smallest absolute Gasteiger partial charge is 0.326 e. The fourth-order valence-electron chi connectivity index (χ4n) is 1.40. The number of phenolic OH excluding ortho intramolecular Hbond substituents is 1. The van der Waals surface area contributed by atoms with E-state index >= 15 is 0 Å². The first-order valence-corrected chi connectivity index (χ1v) is 4.75. The van der Waals surface area contributed by atoms with Crippen LogP contribution in [-0.2, 0) is 16.0 Å². The molecule has 1 aromatic carbocycles. The van der Waals surface area contributed by atoms with Crippen LogP contribution in [0.2, 0.25) is 0 Å². The van der Waals surface area contributed by atoms with Gasteiger partial charge in [0.15, 0.2) is 0 Å². The lowest BCUT2D eigenvalue weighted by Gasteiger charge is -2.12. The quantitative estimate of drug-likeness (QED) is 0.632. The van der Waals surface area contributed by atoms with Crippen molar-refractivity contribution in [1.82, 2.24) is 5.32 Å². The molecule has 3 N–H and O–H groups in total. The molecule has 1 unspecified atom stereocenters. The van der Waals surface area contributed by atoms with E-state index in [-0.39, 0.29) is 12.2 Å². The lowest BCUT2D eigenvalue weighted by molar-refractivity contribution is -0.140. The van der Waals surface area contributed by atoms with Crippen molar-refractivity contribution in [3.05, 3.63) is 29.3 Å². The van der Waals surface area contributed by atoms with Crippen LogP contribution in [0.25, 0.3) is 0 Å². The van der Waals surface area contributed by atoms with Crippen molar-refractivity contribution in [2.75, 3.05) is 0 Å². The van der Waals surface area contributed by atoms with E-state index in [1.165, 1.54) is 6.07 Å². The number of carbonyl (C=O) groups excluding carboxylic acids is 1. The van der Waals surface area contributed by atoms with E-state index < -0.39 is 12.0 Å². The molecule has 0 aliphatic rings. The second kappa shape index (κ2) is 5.16. The third-order valence-corrected chi connectivity index (χ3v) is 2.23. The molecule has 0 aromatic heterocycles. The molecule has 16 heavy (non-hydrogen) atoms. The molecule has 5 heteroatoms. The van der Waals surface area contributed by atoms with Crippen LogP contribution in [-0.4, -0.2) is 28.6 Å². The van der Waals surface area contributed by atoms with Crippen LogP contribution < -0.4 is 5.32 Å². The summed E-state index contributed by atoms with van der Waals surface area (Å²) in [5, 5.41) is 20.5. The van der Waals surface area contributed by atoms with Crippen molar-refractivity contribution in [3.8, 4) is 5.75 Å². The number of phenols is 1. The number of nitrogens with one attached hydrogen (secondary N) is 1. The standard InChI is InChI=1S/C11H13NO4/c1-7-2-3-10(14)8(4-7)5-9(11(15)16)12-6-13/h2-4,6,9,14H,5H2,1H3,(H,12,13)(H,15,16). The van der Waals surface area contributed by atoms with Crippen molar-refractivity contribution in [2.45, 2.75) is 19.4 Å². The van der Waals surface area contributed by atoms with Crippen LogP contribution in [0, 0.1) is 6.92 Å². The minimum Gasteiger partial charge on any atom is -0.508 e. The summed E-state index contributed by atoms with van der Waals surface area (Å²) in [4.78, 5) is 21.0. The Morgan fingerprint density at radius 3 is 2.81 bits per heavy atom. The Morgan fingerprint density at radius 2 is 2.25 bits per heavy atom. The van der Waals surface area contributed by atoms with E-state index in [1.54, 1.807) is 12.1 Å². The van der Waals surface area contributed by atoms with Gasteiger partial charge in [-0.25, -0.2) is 4.79 Å². The number of carboxylic acid groups (broad SMARTS) is 1. The SMILES string of the molecule is Cc1ccc(O)c(CC(NC=O)C(=O)O)c1. The number of carboxylic acids is 1. The highest BCUT2D eigenvalue weighted by molar-refractivity contribution is 5.76. The van der Waals surface area contributed by atoms with E-state index in [9.17, 15) is 14.7 Å². The average Bonchev–Trinajstić information content (AvgIpc) is 2.22. The molecular weight excluding hydrogens is 210 g/mol. The van der Waals surface area contributed by atoms with Gasteiger partial charge in [0, 0.05) is 6.42 Å². The zero-order valence-corrected chi connectivity index (χ0v) is 8.80. The van der Waals surface area contributed by atoms with E-state index in [0.29, 0.717) is 12.0 Å². The molecule has 0 saturated carbocycles. The van der Waals surface area contributed by atoms with Gasteiger partial charge in [0.25, 0.3) is 0 Å². The Morgan fingerprint density at radius 1 is 1.56 bits per heavy atom. The highest BCUT2D eigenvalue weighted by Crippen LogP contribution is 2.19. The van der Waals surface area contributed by atoms with E-state index in [1.807, 2.05) is 6.92 Å². The molecule has 0 saturated heterocycles. The third kappa shape index (κ3) is 2.98. The number of benzene rings is 1. The van der Waals surface area contributed by atoms with Crippen LogP contribution in [0.15, 0.2) is 18.2 Å². The molecule has 0 heterocycles. The lowest BCUT2D eigenvalue weighted by atomic mass is 10.0. The van der Waals surface area contributed by atoms with Gasteiger partial charge in [0.05, 0.1) is 0 Å². The van der Waals surface area contributed by atoms with Crippen molar-refractivity contribution in [1.29, 1.82) is 0 Å². The van der Waals surface area contributed by atoms with Crippen LogP contribution in [0.1, 0.15) is 11.1 Å². The summed E-state index contributed by atoms with van der Waals surface area (Å²) >= 11 is 0. The van der Waals surface area contributed by atoms with Gasteiger partial charge in [0.2, 0.25) is 6.41 Å². The predicted molar refractivity (Wildman–Crippen MR) is 57.2 cm³/mol. The molecule has 86 valence electrons. The number of hydrogen-bond donors (Lipinski definition) is 3. The fourth-order valence-corrected chi connectivity index (χ4v) is 1.40. The van der Waals surface area contributed by atoms with Crippen molar-refractivity contribution >= 4 is 12.4 Å². The second-order valence-corrected chi connectivity index (χ2v) is 3.51. The minimum absolute atomic E-state index is 0.0320. The van der Waals surface area contributed by atoms with E-state index in [2.05, 4.69) is 5.32 Å². The largest absolute Gasteiger partial charge is 0.508 e. The summed E-state index contributed by atoms with van der Waals surface area (Å²) < 4.78 is 0. The van der Waals surface area contributed by atoms with E-state index in [4.69, 9.17) is 5.11 Å². The first-order chi connectivity index (χ1) is 7.54. The maximum Gasteiger partial charge on any atom is 0.326 e. The molecule has 1 amide bonds. The van der Waals surface area contributed by atoms with Crippen LogP contribution in [0.3, 0.4) is 0 Å². The number of aromatic hydroxyl groups is 1. The summed E-state index contributed by atoms with van der Waals surface area (Å²) in [5.41, 5.74) is 1.42. The molecule has 5 nitrogen and oxygen atoms in total. The van der Waals surface area contributed by atoms with Crippen molar-refractivity contribution in [3.63, 3.8) is 0 Å². The highest BCUT2D eigenvalue weighted by atomic mass is 16.4. The number of carbonyl (C=O) groups is 2. The Kier molecular flexibility index (Phi) is 3.88. The topological polar surface area (TPSA) is 86.6 Å². The normalized spacial score (nSPS) is 11.8. The van der Waals surface area contributed by atoms with Gasteiger partial charge in [-0.3, -0.25) is 4.79 Å². The van der Waals surface area contributed by atoms with Gasteiger partial charge in [-0.2, -0.15) is 0 Å². The maximum absolute atomic E-state index is 10.8. The van der Waals surface area contributed by atoms with E-state index in [0.717, 1.165) is 5.56 Å². The number of rotatable bonds is 5. The molecule has 0 fully saturated rings. The monoisotopic (exact) mass is 223 g/mol. The zero-order valence-electron chi connectivity index (χ0n) is 8.80. The molecule has 0 bridgehead atoms. The van der Waals surface area contributed by atoms with Gasteiger partial charge in [0.1, 0.15) is 11.8 Å². The van der Waals surface area contributed by atoms with Crippen LogP contribution in [0.5, 0.6) is 5.75 Å². The Balaban J connectivity index is 2.88. The third-order valence-electron chi connectivity index (χ3n) is 2.23. The Bertz CT molecular complexity index is 403. The first kappa shape index (κ1) is 12.0. The summed E-state index contributed by atoms with van der Waals surface area (Å²) in [6.45, 7) is 1.84. The number of aliphatic carboxylic acids is 1. The van der Waals surface area contributed by atoms with Crippen LogP contribution >= 0.6 is 0 Å². The second-order valence-electron chi connectivity index (χ2n) is 3.51. The molecular formula is C11H13NO4. The zero-order chi connectivity index (χ0) is 12.1.